The minimum absolute atomic E-state index is 0.178. The Kier molecular flexibility index (Phi) is 5.55. The van der Waals surface area contributed by atoms with Crippen molar-refractivity contribution < 1.29 is 18.7 Å². The van der Waals surface area contributed by atoms with E-state index >= 15 is 0 Å². The zero-order chi connectivity index (χ0) is 19.2. The van der Waals surface area contributed by atoms with Crippen LogP contribution in [0.1, 0.15) is 33.5 Å². The van der Waals surface area contributed by atoms with Crippen LogP contribution >= 0.6 is 0 Å². The smallest absolute Gasteiger partial charge is 0.292 e. The van der Waals surface area contributed by atoms with Crippen molar-refractivity contribution in [2.45, 2.75) is 13.5 Å². The van der Waals surface area contributed by atoms with E-state index in [1.54, 1.807) is 19.2 Å². The lowest BCUT2D eigenvalue weighted by molar-refractivity contribution is 0.0944. The van der Waals surface area contributed by atoms with E-state index in [-0.39, 0.29) is 17.4 Å². The van der Waals surface area contributed by atoms with Gasteiger partial charge in [-0.3, -0.25) is 14.3 Å². The first-order valence-corrected chi connectivity index (χ1v) is 8.45. The molecule has 0 radical (unpaired) electrons. The van der Waals surface area contributed by atoms with Gasteiger partial charge >= 0.3 is 0 Å². The van der Waals surface area contributed by atoms with Gasteiger partial charge in [-0.25, -0.2) is 0 Å². The summed E-state index contributed by atoms with van der Waals surface area (Å²) in [5.74, 6) is 0.608. The SMILES string of the molecule is CCOc1ccc(CNC(=O)c2cc(NC(=O)c3ccco3)n(C)n2)cc1. The maximum Gasteiger partial charge on any atom is 0.292 e. The summed E-state index contributed by atoms with van der Waals surface area (Å²) in [5.41, 5.74) is 1.15. The lowest BCUT2D eigenvalue weighted by Gasteiger charge is -2.06. The van der Waals surface area contributed by atoms with Gasteiger partial charge in [-0.05, 0) is 36.8 Å². The molecular formula is C19H20N4O4. The second kappa shape index (κ2) is 8.22. The monoisotopic (exact) mass is 368 g/mol. The number of anilines is 1. The molecule has 0 bridgehead atoms. The van der Waals surface area contributed by atoms with Gasteiger partial charge in [-0.2, -0.15) is 5.10 Å². The number of hydrogen-bond acceptors (Lipinski definition) is 5. The average Bonchev–Trinajstić information content (AvgIpc) is 3.32. The molecular weight excluding hydrogens is 348 g/mol. The van der Waals surface area contributed by atoms with Crippen molar-refractivity contribution in [1.29, 1.82) is 0 Å². The van der Waals surface area contributed by atoms with Crippen LogP contribution in [0.4, 0.5) is 5.82 Å². The fraction of sp³-hybridized carbons (Fsp3) is 0.211. The van der Waals surface area contributed by atoms with Crippen molar-refractivity contribution in [2.24, 2.45) is 7.05 Å². The number of aryl methyl sites for hydroxylation is 1. The topological polar surface area (TPSA) is 98.4 Å². The van der Waals surface area contributed by atoms with E-state index in [0.29, 0.717) is 19.0 Å². The maximum absolute atomic E-state index is 12.3. The van der Waals surface area contributed by atoms with E-state index in [1.165, 1.54) is 17.0 Å². The maximum atomic E-state index is 12.3. The highest BCUT2D eigenvalue weighted by atomic mass is 16.5. The number of rotatable bonds is 7. The Labute approximate surface area is 156 Å². The quantitative estimate of drug-likeness (QED) is 0.668. The van der Waals surface area contributed by atoms with Crippen molar-refractivity contribution in [2.75, 3.05) is 11.9 Å². The fourth-order valence-corrected chi connectivity index (χ4v) is 2.42. The molecule has 8 nitrogen and oxygen atoms in total. The third kappa shape index (κ3) is 4.55. The van der Waals surface area contributed by atoms with Gasteiger partial charge in [-0.15, -0.1) is 0 Å². The van der Waals surface area contributed by atoms with Crippen LogP contribution < -0.4 is 15.4 Å². The Morgan fingerprint density at radius 3 is 2.63 bits per heavy atom. The Balaban J connectivity index is 1.59. The summed E-state index contributed by atoms with van der Waals surface area (Å²) >= 11 is 0. The number of benzene rings is 1. The first-order chi connectivity index (χ1) is 13.1. The highest BCUT2D eigenvalue weighted by molar-refractivity contribution is 6.02. The van der Waals surface area contributed by atoms with E-state index in [4.69, 9.17) is 9.15 Å². The summed E-state index contributed by atoms with van der Waals surface area (Å²) in [7, 11) is 1.64. The minimum atomic E-state index is -0.413. The van der Waals surface area contributed by atoms with Crippen LogP contribution in [0, 0.1) is 0 Å². The lowest BCUT2D eigenvalue weighted by atomic mass is 10.2. The molecule has 0 aliphatic rings. The molecule has 140 valence electrons. The Morgan fingerprint density at radius 1 is 1.19 bits per heavy atom. The number of nitrogens with zero attached hydrogens (tertiary/aromatic N) is 2. The number of ether oxygens (including phenoxy) is 1. The van der Waals surface area contributed by atoms with Gasteiger partial charge in [0.25, 0.3) is 11.8 Å². The molecule has 8 heteroatoms. The van der Waals surface area contributed by atoms with Crippen molar-refractivity contribution in [3.63, 3.8) is 0 Å². The van der Waals surface area contributed by atoms with Crippen LogP contribution in [0.5, 0.6) is 5.75 Å². The number of nitrogens with one attached hydrogen (secondary N) is 2. The minimum Gasteiger partial charge on any atom is -0.494 e. The molecule has 0 aliphatic carbocycles. The number of carbonyl (C=O) groups excluding carboxylic acids is 2. The number of aromatic nitrogens is 2. The second-order valence-corrected chi connectivity index (χ2v) is 5.73. The number of carbonyl (C=O) groups is 2. The van der Waals surface area contributed by atoms with Gasteiger partial charge in [0.05, 0.1) is 12.9 Å². The van der Waals surface area contributed by atoms with E-state index in [1.807, 2.05) is 31.2 Å². The van der Waals surface area contributed by atoms with Crippen molar-refractivity contribution in [3.05, 3.63) is 65.7 Å². The van der Waals surface area contributed by atoms with E-state index in [0.717, 1.165) is 11.3 Å². The first kappa shape index (κ1) is 18.2. The molecule has 0 atom stereocenters. The molecule has 0 spiro atoms. The van der Waals surface area contributed by atoms with Crippen LogP contribution in [-0.2, 0) is 13.6 Å². The van der Waals surface area contributed by atoms with Gasteiger partial charge in [0.2, 0.25) is 0 Å². The Hall–Kier alpha value is -3.55. The summed E-state index contributed by atoms with van der Waals surface area (Å²) in [4.78, 5) is 24.4. The summed E-state index contributed by atoms with van der Waals surface area (Å²) in [6.45, 7) is 2.89. The third-order valence-corrected chi connectivity index (χ3v) is 3.79. The second-order valence-electron chi connectivity index (χ2n) is 5.73. The molecule has 2 aromatic heterocycles. The van der Waals surface area contributed by atoms with E-state index in [2.05, 4.69) is 15.7 Å². The molecule has 0 aliphatic heterocycles. The van der Waals surface area contributed by atoms with Crippen LogP contribution in [0.25, 0.3) is 0 Å². The lowest BCUT2D eigenvalue weighted by Crippen LogP contribution is -2.23. The predicted molar refractivity (Wildman–Crippen MR) is 98.7 cm³/mol. The fourth-order valence-electron chi connectivity index (χ4n) is 2.42. The first-order valence-electron chi connectivity index (χ1n) is 8.45. The zero-order valence-electron chi connectivity index (χ0n) is 15.1. The molecule has 27 heavy (non-hydrogen) atoms. The normalized spacial score (nSPS) is 10.4. The van der Waals surface area contributed by atoms with Gasteiger partial charge in [0, 0.05) is 19.7 Å². The number of amides is 2. The van der Waals surface area contributed by atoms with Crippen LogP contribution in [0.3, 0.4) is 0 Å². The van der Waals surface area contributed by atoms with E-state index in [9.17, 15) is 9.59 Å². The molecule has 3 aromatic rings. The summed E-state index contributed by atoms with van der Waals surface area (Å²) in [6, 6.07) is 12.2. The van der Waals surface area contributed by atoms with E-state index < -0.39 is 5.91 Å². The van der Waals surface area contributed by atoms with Crippen LogP contribution in [-0.4, -0.2) is 28.2 Å². The highest BCUT2D eigenvalue weighted by Crippen LogP contribution is 2.13. The van der Waals surface area contributed by atoms with Gasteiger partial charge in [0.1, 0.15) is 11.6 Å². The van der Waals surface area contributed by atoms with Gasteiger partial charge < -0.3 is 19.8 Å². The van der Waals surface area contributed by atoms with Crippen LogP contribution in [0.15, 0.2) is 53.1 Å². The van der Waals surface area contributed by atoms with Gasteiger partial charge in [-0.1, -0.05) is 12.1 Å². The Bertz CT molecular complexity index is 914. The predicted octanol–water partition coefficient (Wildman–Crippen LogP) is 2.59. The zero-order valence-corrected chi connectivity index (χ0v) is 15.1. The third-order valence-electron chi connectivity index (χ3n) is 3.79. The largest absolute Gasteiger partial charge is 0.494 e. The molecule has 3 rings (SSSR count). The van der Waals surface area contributed by atoms with Crippen molar-refractivity contribution in [1.82, 2.24) is 15.1 Å². The standard InChI is InChI=1S/C19H20N4O4/c1-3-26-14-8-6-13(7-9-14)12-20-18(24)15-11-17(23(2)22-15)21-19(25)16-5-4-10-27-16/h4-11H,3,12H2,1-2H3,(H,20,24)(H,21,25). The molecule has 2 heterocycles. The molecule has 2 amide bonds. The molecule has 0 unspecified atom stereocenters. The molecule has 1 aromatic carbocycles. The highest BCUT2D eigenvalue weighted by Gasteiger charge is 2.16. The number of hydrogen-bond donors (Lipinski definition) is 2. The van der Waals surface area contributed by atoms with Crippen molar-refractivity contribution in [3.8, 4) is 5.75 Å². The molecule has 0 saturated heterocycles. The summed E-state index contributed by atoms with van der Waals surface area (Å²) in [5, 5.41) is 9.59. The summed E-state index contributed by atoms with van der Waals surface area (Å²) in [6.07, 6.45) is 1.41. The Morgan fingerprint density at radius 2 is 1.96 bits per heavy atom. The summed E-state index contributed by atoms with van der Waals surface area (Å²) < 4.78 is 11.9. The number of furan rings is 1. The molecule has 0 saturated carbocycles. The van der Waals surface area contributed by atoms with Crippen molar-refractivity contribution >= 4 is 17.6 Å². The van der Waals surface area contributed by atoms with Gasteiger partial charge in [0.15, 0.2) is 11.5 Å². The molecule has 2 N–H and O–H groups in total. The molecule has 0 fully saturated rings. The average molecular weight is 368 g/mol. The van der Waals surface area contributed by atoms with Crippen LogP contribution in [0.2, 0.25) is 0 Å².